The van der Waals surface area contributed by atoms with E-state index in [2.05, 4.69) is 4.98 Å². The first-order valence-corrected chi connectivity index (χ1v) is 5.53. The summed E-state index contributed by atoms with van der Waals surface area (Å²) in [6.45, 7) is 1.43. The van der Waals surface area contributed by atoms with Gasteiger partial charge in [-0.1, -0.05) is 6.92 Å². The Hall–Kier alpha value is -0.430. The van der Waals surface area contributed by atoms with Crippen LogP contribution in [0.1, 0.15) is 17.4 Å². The number of hydrogen-bond acceptors (Lipinski definition) is 5. The molecule has 15 heavy (non-hydrogen) atoms. The van der Waals surface area contributed by atoms with Crippen molar-refractivity contribution >= 4 is 15.8 Å². The number of pyridine rings is 1. The predicted octanol–water partition coefficient (Wildman–Crippen LogP) is -3.76. The van der Waals surface area contributed by atoms with E-state index in [0.29, 0.717) is 0 Å². The van der Waals surface area contributed by atoms with Crippen molar-refractivity contribution in [1.82, 2.24) is 4.98 Å². The zero-order valence-corrected chi connectivity index (χ0v) is 11.2. The van der Waals surface area contributed by atoms with Crippen LogP contribution in [0.25, 0.3) is 0 Å². The molecule has 1 aromatic rings. The molecule has 0 aliphatic rings. The second-order valence-electron chi connectivity index (χ2n) is 2.54. The molecule has 0 amide bonds. The van der Waals surface area contributed by atoms with Gasteiger partial charge in [0.05, 0.1) is 16.6 Å². The molecule has 0 unspecified atom stereocenters. The van der Waals surface area contributed by atoms with Gasteiger partial charge in [0.1, 0.15) is 5.69 Å². The van der Waals surface area contributed by atoms with Gasteiger partial charge in [-0.05, 0) is 12.1 Å². The Morgan fingerprint density at radius 3 is 2.60 bits per heavy atom. The zero-order valence-electron chi connectivity index (χ0n) is 8.43. The standard InChI is InChI=1S/C8H9NO4S.Na/c1-2-14(12,13)6-4-3-5-9-7(6)8(10)11;/h3-5H,2H2,1H3,(H,10,11);/q;+1/p-1. The van der Waals surface area contributed by atoms with Crippen LogP contribution in [0.4, 0.5) is 0 Å². The molecule has 0 radical (unpaired) electrons. The molecule has 0 atom stereocenters. The Labute approximate surface area is 110 Å². The van der Waals surface area contributed by atoms with Crippen LogP contribution >= 0.6 is 0 Å². The minimum absolute atomic E-state index is 0. The van der Waals surface area contributed by atoms with Crippen LogP contribution in [0.15, 0.2) is 23.2 Å². The predicted molar refractivity (Wildman–Crippen MR) is 46.3 cm³/mol. The molecule has 0 saturated carbocycles. The zero-order chi connectivity index (χ0) is 10.8. The maximum absolute atomic E-state index is 11.4. The Morgan fingerprint density at radius 1 is 1.53 bits per heavy atom. The average molecular weight is 237 g/mol. The molecule has 0 aliphatic carbocycles. The van der Waals surface area contributed by atoms with Gasteiger partial charge in [-0.15, -0.1) is 0 Å². The summed E-state index contributed by atoms with van der Waals surface area (Å²) < 4.78 is 22.8. The summed E-state index contributed by atoms with van der Waals surface area (Å²) in [4.78, 5) is 13.7. The minimum Gasteiger partial charge on any atom is -0.543 e. The fourth-order valence-electron chi connectivity index (χ4n) is 0.950. The van der Waals surface area contributed by atoms with E-state index in [1.165, 1.54) is 25.3 Å². The number of carboxylic acid groups (broad SMARTS) is 1. The summed E-state index contributed by atoms with van der Waals surface area (Å²) in [6, 6.07) is 2.58. The number of nitrogens with zero attached hydrogens (tertiary/aromatic N) is 1. The molecular formula is C8H8NNaO4S. The van der Waals surface area contributed by atoms with Crippen LogP contribution in [0, 0.1) is 0 Å². The molecule has 0 fully saturated rings. The molecular weight excluding hydrogens is 229 g/mol. The fourth-order valence-corrected chi connectivity index (χ4v) is 1.98. The van der Waals surface area contributed by atoms with E-state index in [9.17, 15) is 18.3 Å². The Bertz CT molecular complexity index is 457. The van der Waals surface area contributed by atoms with Gasteiger partial charge in [0.25, 0.3) is 0 Å². The molecule has 0 aliphatic heterocycles. The molecule has 0 spiro atoms. The molecule has 1 heterocycles. The van der Waals surface area contributed by atoms with E-state index in [1.54, 1.807) is 0 Å². The summed E-state index contributed by atoms with van der Waals surface area (Å²) in [7, 11) is -3.56. The van der Waals surface area contributed by atoms with Crippen LogP contribution in [-0.4, -0.2) is 25.1 Å². The minimum atomic E-state index is -3.56. The van der Waals surface area contributed by atoms with E-state index < -0.39 is 21.5 Å². The van der Waals surface area contributed by atoms with Crippen molar-refractivity contribution in [3.8, 4) is 0 Å². The normalized spacial score (nSPS) is 10.5. The number of aromatic nitrogens is 1. The SMILES string of the molecule is CCS(=O)(=O)c1cccnc1C(=O)[O-].[Na+]. The van der Waals surface area contributed by atoms with E-state index in [0.717, 1.165) is 0 Å². The van der Waals surface area contributed by atoms with Crippen LogP contribution in [0.3, 0.4) is 0 Å². The molecule has 1 aromatic heterocycles. The Morgan fingerprint density at radius 2 is 2.13 bits per heavy atom. The number of sulfone groups is 1. The third-order valence-electron chi connectivity index (χ3n) is 1.68. The van der Waals surface area contributed by atoms with Crippen molar-refractivity contribution in [1.29, 1.82) is 0 Å². The van der Waals surface area contributed by atoms with Crippen LogP contribution in [-0.2, 0) is 9.84 Å². The quantitative estimate of drug-likeness (QED) is 0.504. The first-order valence-electron chi connectivity index (χ1n) is 3.88. The van der Waals surface area contributed by atoms with Gasteiger partial charge in [0, 0.05) is 6.20 Å². The maximum atomic E-state index is 11.4. The van der Waals surface area contributed by atoms with Gasteiger partial charge >= 0.3 is 29.6 Å². The maximum Gasteiger partial charge on any atom is 1.00 e. The van der Waals surface area contributed by atoms with Gasteiger partial charge in [0.2, 0.25) is 0 Å². The Balaban J connectivity index is 0.00000196. The van der Waals surface area contributed by atoms with Gasteiger partial charge in [-0.2, -0.15) is 0 Å². The van der Waals surface area contributed by atoms with Crippen LogP contribution in [0.2, 0.25) is 0 Å². The second kappa shape index (κ2) is 5.60. The summed E-state index contributed by atoms with van der Waals surface area (Å²) in [6.07, 6.45) is 1.21. The first kappa shape index (κ1) is 14.6. The third kappa shape index (κ3) is 3.27. The van der Waals surface area contributed by atoms with Crippen molar-refractivity contribution in [3.05, 3.63) is 24.0 Å². The summed E-state index contributed by atoms with van der Waals surface area (Å²) >= 11 is 0. The smallest absolute Gasteiger partial charge is 0.543 e. The van der Waals surface area contributed by atoms with E-state index in [4.69, 9.17) is 0 Å². The van der Waals surface area contributed by atoms with E-state index in [-0.39, 0.29) is 40.2 Å². The number of carboxylic acids is 1. The van der Waals surface area contributed by atoms with Gasteiger partial charge in [-0.25, -0.2) is 8.42 Å². The van der Waals surface area contributed by atoms with Gasteiger partial charge < -0.3 is 9.90 Å². The monoisotopic (exact) mass is 237 g/mol. The van der Waals surface area contributed by atoms with E-state index in [1.807, 2.05) is 0 Å². The van der Waals surface area contributed by atoms with Crippen molar-refractivity contribution < 1.29 is 47.9 Å². The van der Waals surface area contributed by atoms with Crippen molar-refractivity contribution in [3.63, 3.8) is 0 Å². The van der Waals surface area contributed by atoms with Gasteiger partial charge in [-0.3, -0.25) is 4.98 Å². The van der Waals surface area contributed by atoms with Crippen LogP contribution < -0.4 is 34.7 Å². The van der Waals surface area contributed by atoms with Crippen molar-refractivity contribution in [2.75, 3.05) is 5.75 Å². The molecule has 7 heteroatoms. The third-order valence-corrected chi connectivity index (χ3v) is 3.44. The number of aromatic carboxylic acids is 1. The van der Waals surface area contributed by atoms with Crippen LogP contribution in [0.5, 0.6) is 0 Å². The molecule has 0 saturated heterocycles. The first-order chi connectivity index (χ1) is 6.49. The molecule has 76 valence electrons. The summed E-state index contributed by atoms with van der Waals surface area (Å²) in [5, 5.41) is 10.5. The van der Waals surface area contributed by atoms with Crippen molar-refractivity contribution in [2.24, 2.45) is 0 Å². The van der Waals surface area contributed by atoms with Gasteiger partial charge in [0.15, 0.2) is 9.84 Å². The summed E-state index contributed by atoms with van der Waals surface area (Å²) in [5.74, 6) is -1.75. The fraction of sp³-hybridized carbons (Fsp3) is 0.250. The van der Waals surface area contributed by atoms with Crippen molar-refractivity contribution in [2.45, 2.75) is 11.8 Å². The molecule has 0 bridgehead atoms. The Kier molecular flexibility index (Phi) is 5.44. The molecule has 0 aromatic carbocycles. The molecule has 1 rings (SSSR count). The topological polar surface area (TPSA) is 87.2 Å². The number of rotatable bonds is 3. The van der Waals surface area contributed by atoms with E-state index >= 15 is 0 Å². The summed E-state index contributed by atoms with van der Waals surface area (Å²) in [5.41, 5.74) is -0.533. The molecule has 5 nitrogen and oxygen atoms in total. The number of carbonyl (C=O) groups excluding carboxylic acids is 1. The molecule has 0 N–H and O–H groups in total. The largest absolute Gasteiger partial charge is 1.00 e. The number of hydrogen-bond donors (Lipinski definition) is 0. The number of carbonyl (C=O) groups is 1. The second-order valence-corrected chi connectivity index (χ2v) is 4.79. The average Bonchev–Trinajstić information content (AvgIpc) is 2.18.